The Morgan fingerprint density at radius 1 is 1.40 bits per heavy atom. The molecule has 0 radical (unpaired) electrons. The molecule has 0 aromatic rings. The molecule has 0 bridgehead atoms. The molecule has 1 aliphatic heterocycles. The average molecular weight is 196 g/mol. The van der Waals surface area contributed by atoms with Gasteiger partial charge in [-0.3, -0.25) is 0 Å². The molecule has 0 aromatic heterocycles. The van der Waals surface area contributed by atoms with Crippen LogP contribution in [0.5, 0.6) is 0 Å². The molecule has 1 rings (SSSR count). The number of unbranched alkanes of at least 4 members (excludes halogenated alkanes) is 1. The molecular formula is C6H12OS3. The predicted octanol–water partition coefficient (Wildman–Crippen LogP) is 2.56. The first-order valence-corrected chi connectivity index (χ1v) is 6.87. The summed E-state index contributed by atoms with van der Waals surface area (Å²) in [5.74, 6) is 0. The number of rotatable bonds is 4. The van der Waals surface area contributed by atoms with Crippen molar-refractivity contribution in [1.82, 2.24) is 0 Å². The smallest absolute Gasteiger partial charge is 0.0615 e. The van der Waals surface area contributed by atoms with Gasteiger partial charge in [-0.15, -0.1) is 11.8 Å². The lowest BCUT2D eigenvalue weighted by molar-refractivity contribution is 0.284. The third-order valence-electron chi connectivity index (χ3n) is 1.33. The Morgan fingerprint density at radius 3 is 2.90 bits per heavy atom. The molecule has 1 saturated heterocycles. The Labute approximate surface area is 74.1 Å². The maximum Gasteiger partial charge on any atom is 0.0615 e. The van der Waals surface area contributed by atoms with Gasteiger partial charge in [-0.1, -0.05) is 21.6 Å². The lowest BCUT2D eigenvalue weighted by Gasteiger charge is -2.03. The molecule has 1 nitrogen and oxygen atoms in total. The predicted molar refractivity (Wildman–Crippen MR) is 52.4 cm³/mol. The van der Waals surface area contributed by atoms with Crippen LogP contribution in [0.3, 0.4) is 0 Å². The van der Waals surface area contributed by atoms with Crippen LogP contribution in [0.15, 0.2) is 0 Å². The Bertz CT molecular complexity index is 83.1. The molecule has 0 aliphatic carbocycles. The van der Waals surface area contributed by atoms with Gasteiger partial charge in [0.25, 0.3) is 0 Å². The summed E-state index contributed by atoms with van der Waals surface area (Å²) >= 11 is 2.04. The molecule has 4 heteroatoms. The van der Waals surface area contributed by atoms with E-state index in [1.165, 1.54) is 17.9 Å². The van der Waals surface area contributed by atoms with Crippen molar-refractivity contribution in [3.8, 4) is 0 Å². The number of aliphatic hydroxyl groups is 1. The summed E-state index contributed by atoms with van der Waals surface area (Å²) in [6, 6.07) is 0. The third-order valence-corrected chi connectivity index (χ3v) is 6.48. The fourth-order valence-corrected chi connectivity index (χ4v) is 6.06. The minimum atomic E-state index is 0.356. The Morgan fingerprint density at radius 2 is 2.30 bits per heavy atom. The molecule has 0 spiro atoms. The number of hydrogen-bond acceptors (Lipinski definition) is 4. The van der Waals surface area contributed by atoms with Crippen LogP contribution in [-0.2, 0) is 0 Å². The van der Waals surface area contributed by atoms with Gasteiger partial charge in [-0.2, -0.15) is 0 Å². The highest BCUT2D eigenvalue weighted by Crippen LogP contribution is 2.46. The Hall–Kier alpha value is 1.01. The van der Waals surface area contributed by atoms with Gasteiger partial charge >= 0.3 is 0 Å². The van der Waals surface area contributed by atoms with E-state index < -0.39 is 0 Å². The standard InChI is InChI=1S/C6H12OS3/c7-4-2-1-3-6-8-5-9-10-6/h6-7H,1-5H2. The van der Waals surface area contributed by atoms with E-state index in [2.05, 4.69) is 0 Å². The largest absolute Gasteiger partial charge is 0.396 e. The first kappa shape index (κ1) is 9.10. The summed E-state index contributed by atoms with van der Waals surface area (Å²) < 4.78 is 0.802. The van der Waals surface area contributed by atoms with Crippen molar-refractivity contribution in [2.75, 3.05) is 11.7 Å². The minimum absolute atomic E-state index is 0.356. The highest BCUT2D eigenvalue weighted by Gasteiger charge is 2.15. The highest BCUT2D eigenvalue weighted by atomic mass is 33.1. The maximum absolute atomic E-state index is 8.52. The molecular weight excluding hydrogens is 184 g/mol. The fourth-order valence-electron chi connectivity index (χ4n) is 0.789. The number of thioether (sulfide) groups is 1. The van der Waals surface area contributed by atoms with E-state index in [-0.39, 0.29) is 0 Å². The van der Waals surface area contributed by atoms with Gasteiger partial charge in [0, 0.05) is 6.61 Å². The van der Waals surface area contributed by atoms with Gasteiger partial charge in [0.2, 0.25) is 0 Å². The number of hydrogen-bond donors (Lipinski definition) is 1. The van der Waals surface area contributed by atoms with Gasteiger partial charge in [-0.05, 0) is 19.3 Å². The van der Waals surface area contributed by atoms with Crippen molar-refractivity contribution in [2.24, 2.45) is 0 Å². The molecule has 0 aromatic carbocycles. The van der Waals surface area contributed by atoms with Crippen molar-refractivity contribution in [1.29, 1.82) is 0 Å². The molecule has 1 atom stereocenters. The van der Waals surface area contributed by atoms with Crippen molar-refractivity contribution in [2.45, 2.75) is 23.8 Å². The molecule has 10 heavy (non-hydrogen) atoms. The van der Waals surface area contributed by atoms with Crippen LogP contribution in [0.25, 0.3) is 0 Å². The van der Waals surface area contributed by atoms with Gasteiger partial charge in [0.15, 0.2) is 0 Å². The Kier molecular flexibility index (Phi) is 5.13. The monoisotopic (exact) mass is 196 g/mol. The van der Waals surface area contributed by atoms with Crippen LogP contribution < -0.4 is 0 Å². The second kappa shape index (κ2) is 5.63. The van der Waals surface area contributed by atoms with Crippen molar-refractivity contribution in [3.63, 3.8) is 0 Å². The minimum Gasteiger partial charge on any atom is -0.396 e. The van der Waals surface area contributed by atoms with Gasteiger partial charge in [-0.25, -0.2) is 0 Å². The molecule has 1 heterocycles. The van der Waals surface area contributed by atoms with Gasteiger partial charge in [0.05, 0.1) is 9.67 Å². The fraction of sp³-hybridized carbons (Fsp3) is 1.00. The van der Waals surface area contributed by atoms with Crippen LogP contribution in [0.2, 0.25) is 0 Å². The summed E-state index contributed by atoms with van der Waals surface area (Å²) in [5.41, 5.74) is 0. The normalized spacial score (nSPS) is 25.5. The molecule has 1 fully saturated rings. The van der Waals surface area contributed by atoms with Crippen LogP contribution in [0.1, 0.15) is 19.3 Å². The van der Waals surface area contributed by atoms with Gasteiger partial charge < -0.3 is 5.11 Å². The SMILES string of the molecule is OCCCCC1SCSS1. The lowest BCUT2D eigenvalue weighted by atomic mass is 10.3. The summed E-state index contributed by atoms with van der Waals surface area (Å²) in [7, 11) is 3.95. The summed E-state index contributed by atoms with van der Waals surface area (Å²) in [6.07, 6.45) is 3.42. The van der Waals surface area contributed by atoms with Crippen LogP contribution in [-0.4, -0.2) is 21.4 Å². The molecule has 60 valence electrons. The second-order valence-electron chi connectivity index (χ2n) is 2.15. The van der Waals surface area contributed by atoms with E-state index in [4.69, 9.17) is 5.11 Å². The van der Waals surface area contributed by atoms with Crippen molar-refractivity contribution < 1.29 is 5.11 Å². The van der Waals surface area contributed by atoms with Crippen LogP contribution >= 0.6 is 33.3 Å². The zero-order valence-corrected chi connectivity index (χ0v) is 8.23. The zero-order valence-electron chi connectivity index (χ0n) is 5.78. The van der Waals surface area contributed by atoms with E-state index in [1.54, 1.807) is 0 Å². The quantitative estimate of drug-likeness (QED) is 0.550. The van der Waals surface area contributed by atoms with E-state index in [1.807, 2.05) is 33.3 Å². The lowest BCUT2D eigenvalue weighted by Crippen LogP contribution is -1.92. The molecule has 1 aliphatic rings. The summed E-state index contributed by atoms with van der Waals surface area (Å²) in [6.45, 7) is 0.356. The van der Waals surface area contributed by atoms with E-state index in [0.717, 1.165) is 11.0 Å². The zero-order chi connectivity index (χ0) is 7.23. The van der Waals surface area contributed by atoms with Crippen LogP contribution in [0, 0.1) is 0 Å². The van der Waals surface area contributed by atoms with Crippen molar-refractivity contribution >= 4 is 33.3 Å². The van der Waals surface area contributed by atoms with Crippen molar-refractivity contribution in [3.05, 3.63) is 0 Å². The molecule has 0 amide bonds. The van der Waals surface area contributed by atoms with Crippen LogP contribution in [0.4, 0.5) is 0 Å². The van der Waals surface area contributed by atoms with Gasteiger partial charge in [0.1, 0.15) is 0 Å². The first-order chi connectivity index (χ1) is 4.93. The number of aliphatic hydroxyl groups excluding tert-OH is 1. The van der Waals surface area contributed by atoms with E-state index in [0.29, 0.717) is 6.61 Å². The maximum atomic E-state index is 8.52. The molecule has 0 saturated carbocycles. The second-order valence-corrected chi connectivity index (χ2v) is 6.57. The van der Waals surface area contributed by atoms with E-state index in [9.17, 15) is 0 Å². The average Bonchev–Trinajstić information content (AvgIpc) is 2.41. The third kappa shape index (κ3) is 3.42. The molecule has 1 N–H and O–H groups in total. The first-order valence-electron chi connectivity index (χ1n) is 3.44. The topological polar surface area (TPSA) is 20.2 Å². The highest BCUT2D eigenvalue weighted by molar-refractivity contribution is 8.82. The summed E-state index contributed by atoms with van der Waals surface area (Å²) in [5, 5.41) is 9.77. The van der Waals surface area contributed by atoms with E-state index >= 15 is 0 Å². The Balaban J connectivity index is 1.91. The molecule has 1 unspecified atom stereocenters. The summed E-state index contributed by atoms with van der Waals surface area (Å²) in [4.78, 5) is 0.